The van der Waals surface area contributed by atoms with Crippen LogP contribution in [0.1, 0.15) is 44.4 Å². The number of ether oxygens (including phenoxy) is 1. The Morgan fingerprint density at radius 2 is 2.05 bits per heavy atom. The van der Waals surface area contributed by atoms with Crippen LogP contribution in [0.2, 0.25) is 5.02 Å². The summed E-state index contributed by atoms with van der Waals surface area (Å²) in [5.74, 6) is -0.336. The fourth-order valence-corrected chi connectivity index (χ4v) is 2.20. The van der Waals surface area contributed by atoms with Gasteiger partial charge in [0.05, 0.1) is 13.5 Å². The molecular formula is C14H20ClNO3. The van der Waals surface area contributed by atoms with Crippen LogP contribution in [0.5, 0.6) is 5.75 Å². The summed E-state index contributed by atoms with van der Waals surface area (Å²) in [6.07, 6.45) is -0.166. The molecule has 19 heavy (non-hydrogen) atoms. The second kappa shape index (κ2) is 5.80. The molecule has 0 aliphatic carbocycles. The molecule has 0 radical (unpaired) electrons. The molecule has 3 N–H and O–H groups in total. The van der Waals surface area contributed by atoms with Crippen molar-refractivity contribution in [2.45, 2.75) is 38.6 Å². The second-order valence-corrected chi connectivity index (χ2v) is 5.97. The lowest BCUT2D eigenvalue weighted by atomic mass is 9.84. The summed E-state index contributed by atoms with van der Waals surface area (Å²) in [4.78, 5) is 10.8. The standard InChI is InChI=1S/C14H20ClNO3/c1-14(2,3)10-6-8(15)5-9(13(10)19-4)11(16)7-12(17)18/h5-6,11H,7,16H2,1-4H3,(H,17,18). The Morgan fingerprint density at radius 3 is 2.47 bits per heavy atom. The van der Waals surface area contributed by atoms with Crippen molar-refractivity contribution in [1.29, 1.82) is 0 Å². The summed E-state index contributed by atoms with van der Waals surface area (Å²) in [5.41, 5.74) is 7.30. The number of benzene rings is 1. The van der Waals surface area contributed by atoms with Gasteiger partial charge < -0.3 is 15.6 Å². The number of hydrogen-bond acceptors (Lipinski definition) is 3. The summed E-state index contributed by atoms with van der Waals surface area (Å²) in [6.45, 7) is 6.11. The van der Waals surface area contributed by atoms with Gasteiger partial charge in [-0.05, 0) is 17.5 Å². The highest BCUT2D eigenvalue weighted by molar-refractivity contribution is 6.30. The highest BCUT2D eigenvalue weighted by atomic mass is 35.5. The summed E-state index contributed by atoms with van der Waals surface area (Å²) < 4.78 is 5.43. The minimum Gasteiger partial charge on any atom is -0.496 e. The summed E-state index contributed by atoms with van der Waals surface area (Å²) in [7, 11) is 1.55. The summed E-state index contributed by atoms with van der Waals surface area (Å²) >= 11 is 6.11. The van der Waals surface area contributed by atoms with Crippen molar-refractivity contribution in [2.75, 3.05) is 7.11 Å². The van der Waals surface area contributed by atoms with Crippen molar-refractivity contribution in [3.05, 3.63) is 28.3 Å². The predicted molar refractivity (Wildman–Crippen MR) is 75.9 cm³/mol. The van der Waals surface area contributed by atoms with E-state index in [-0.39, 0.29) is 11.8 Å². The van der Waals surface area contributed by atoms with Crippen molar-refractivity contribution >= 4 is 17.6 Å². The van der Waals surface area contributed by atoms with Crippen molar-refractivity contribution < 1.29 is 14.6 Å². The first-order valence-electron chi connectivity index (χ1n) is 6.02. The van der Waals surface area contributed by atoms with E-state index in [0.29, 0.717) is 16.3 Å². The van der Waals surface area contributed by atoms with E-state index in [2.05, 4.69) is 0 Å². The molecule has 0 aliphatic heterocycles. The average molecular weight is 286 g/mol. The molecule has 0 heterocycles. The molecule has 0 spiro atoms. The highest BCUT2D eigenvalue weighted by Crippen LogP contribution is 2.39. The van der Waals surface area contributed by atoms with E-state index in [1.165, 1.54) is 0 Å². The molecule has 0 bridgehead atoms. The number of halogens is 1. The third kappa shape index (κ3) is 3.85. The largest absolute Gasteiger partial charge is 0.496 e. The Kier molecular flexibility index (Phi) is 4.82. The van der Waals surface area contributed by atoms with Crippen LogP contribution in [-0.4, -0.2) is 18.2 Å². The predicted octanol–water partition coefficient (Wildman–Crippen LogP) is 3.12. The maximum Gasteiger partial charge on any atom is 0.305 e. The van der Waals surface area contributed by atoms with Crippen LogP contribution in [0.15, 0.2) is 12.1 Å². The van der Waals surface area contributed by atoms with Crippen molar-refractivity contribution in [3.8, 4) is 5.75 Å². The van der Waals surface area contributed by atoms with Crippen LogP contribution < -0.4 is 10.5 Å². The second-order valence-electron chi connectivity index (χ2n) is 5.53. The van der Waals surface area contributed by atoms with E-state index in [4.69, 9.17) is 27.2 Å². The fourth-order valence-electron chi connectivity index (χ4n) is 1.97. The molecule has 0 fully saturated rings. The monoisotopic (exact) mass is 285 g/mol. The molecule has 4 nitrogen and oxygen atoms in total. The molecule has 0 aliphatic rings. The zero-order valence-electron chi connectivity index (χ0n) is 11.7. The SMILES string of the molecule is COc1c(C(N)CC(=O)O)cc(Cl)cc1C(C)(C)C. The number of methoxy groups -OCH3 is 1. The van der Waals surface area contributed by atoms with Gasteiger partial charge in [0, 0.05) is 22.2 Å². The van der Waals surface area contributed by atoms with Crippen LogP contribution in [0.25, 0.3) is 0 Å². The fraction of sp³-hybridized carbons (Fsp3) is 0.500. The molecule has 5 heteroatoms. The first-order valence-corrected chi connectivity index (χ1v) is 6.40. The summed E-state index contributed by atoms with van der Waals surface area (Å²) in [6, 6.07) is 2.85. The van der Waals surface area contributed by atoms with Gasteiger partial charge >= 0.3 is 5.97 Å². The zero-order valence-corrected chi connectivity index (χ0v) is 12.4. The highest BCUT2D eigenvalue weighted by Gasteiger charge is 2.25. The number of aliphatic carboxylic acids is 1. The van der Waals surface area contributed by atoms with Gasteiger partial charge in [0.25, 0.3) is 0 Å². The third-order valence-electron chi connectivity index (χ3n) is 2.89. The lowest BCUT2D eigenvalue weighted by molar-refractivity contribution is -0.137. The number of carboxylic acids is 1. The van der Waals surface area contributed by atoms with Crippen LogP contribution in [0.3, 0.4) is 0 Å². The third-order valence-corrected chi connectivity index (χ3v) is 3.11. The Hall–Kier alpha value is -1.26. The molecule has 0 amide bonds. The minimum atomic E-state index is -0.952. The topological polar surface area (TPSA) is 72.5 Å². The van der Waals surface area contributed by atoms with Gasteiger partial charge in [0.1, 0.15) is 5.75 Å². The van der Waals surface area contributed by atoms with E-state index >= 15 is 0 Å². The van der Waals surface area contributed by atoms with E-state index in [0.717, 1.165) is 5.56 Å². The number of hydrogen-bond donors (Lipinski definition) is 2. The number of carbonyl (C=O) groups is 1. The molecule has 1 aromatic carbocycles. The van der Waals surface area contributed by atoms with E-state index < -0.39 is 12.0 Å². The molecular weight excluding hydrogens is 266 g/mol. The lowest BCUT2D eigenvalue weighted by Crippen LogP contribution is -2.19. The summed E-state index contributed by atoms with van der Waals surface area (Å²) in [5, 5.41) is 9.38. The molecule has 106 valence electrons. The molecule has 0 saturated carbocycles. The molecule has 1 aromatic rings. The van der Waals surface area contributed by atoms with Gasteiger partial charge in [-0.3, -0.25) is 4.79 Å². The first-order chi connectivity index (χ1) is 8.66. The van der Waals surface area contributed by atoms with Gasteiger partial charge in [-0.25, -0.2) is 0 Å². The van der Waals surface area contributed by atoms with Crippen molar-refractivity contribution in [3.63, 3.8) is 0 Å². The lowest BCUT2D eigenvalue weighted by Gasteiger charge is -2.26. The van der Waals surface area contributed by atoms with E-state index in [1.807, 2.05) is 26.8 Å². The molecule has 1 atom stereocenters. The van der Waals surface area contributed by atoms with Crippen molar-refractivity contribution in [2.24, 2.45) is 5.73 Å². The van der Waals surface area contributed by atoms with Gasteiger partial charge in [-0.1, -0.05) is 32.4 Å². The van der Waals surface area contributed by atoms with E-state index in [9.17, 15) is 4.79 Å². The molecule has 1 unspecified atom stereocenters. The van der Waals surface area contributed by atoms with Crippen LogP contribution in [-0.2, 0) is 10.2 Å². The molecule has 0 aromatic heterocycles. The number of rotatable bonds is 4. The van der Waals surface area contributed by atoms with Crippen molar-refractivity contribution in [1.82, 2.24) is 0 Å². The Balaban J connectivity index is 3.39. The minimum absolute atomic E-state index is 0.166. The van der Waals surface area contributed by atoms with Gasteiger partial charge in [-0.2, -0.15) is 0 Å². The Labute approximate surface area is 118 Å². The van der Waals surface area contributed by atoms with Gasteiger partial charge in [-0.15, -0.1) is 0 Å². The zero-order chi connectivity index (χ0) is 14.8. The van der Waals surface area contributed by atoms with Crippen LogP contribution in [0.4, 0.5) is 0 Å². The maximum absolute atomic E-state index is 10.8. The Morgan fingerprint density at radius 1 is 1.47 bits per heavy atom. The molecule has 0 saturated heterocycles. The average Bonchev–Trinajstić information content (AvgIpc) is 2.25. The van der Waals surface area contributed by atoms with Crippen LogP contribution in [0, 0.1) is 0 Å². The Bertz CT molecular complexity index is 480. The van der Waals surface area contributed by atoms with Gasteiger partial charge in [0.15, 0.2) is 0 Å². The van der Waals surface area contributed by atoms with E-state index in [1.54, 1.807) is 13.2 Å². The molecule has 1 rings (SSSR count). The maximum atomic E-state index is 10.8. The van der Waals surface area contributed by atoms with Crippen LogP contribution >= 0.6 is 11.6 Å². The number of nitrogens with two attached hydrogens (primary N) is 1. The first kappa shape index (κ1) is 15.8. The normalized spacial score (nSPS) is 13.2. The van der Waals surface area contributed by atoms with Gasteiger partial charge in [0.2, 0.25) is 0 Å². The number of carboxylic acid groups (broad SMARTS) is 1. The smallest absolute Gasteiger partial charge is 0.305 e. The quantitative estimate of drug-likeness (QED) is 0.891.